The van der Waals surface area contributed by atoms with Crippen LogP contribution in [0.25, 0.3) is 0 Å². The second-order valence-corrected chi connectivity index (χ2v) is 7.92. The summed E-state index contributed by atoms with van der Waals surface area (Å²) < 4.78 is 2.22. The number of piperazine rings is 1. The van der Waals surface area contributed by atoms with Crippen molar-refractivity contribution in [3.63, 3.8) is 0 Å². The normalized spacial score (nSPS) is 21.2. The quantitative estimate of drug-likeness (QED) is 0.791. The van der Waals surface area contributed by atoms with Crippen molar-refractivity contribution in [3.05, 3.63) is 24.5 Å². The van der Waals surface area contributed by atoms with Crippen molar-refractivity contribution in [2.75, 3.05) is 45.8 Å². The molecule has 2 aliphatic heterocycles. The van der Waals surface area contributed by atoms with Crippen LogP contribution in [-0.4, -0.2) is 77.0 Å². The summed E-state index contributed by atoms with van der Waals surface area (Å²) in [4.78, 5) is 19.7. The third-order valence-corrected chi connectivity index (χ3v) is 5.91. The van der Waals surface area contributed by atoms with Crippen LogP contribution in [0.3, 0.4) is 0 Å². The summed E-state index contributed by atoms with van der Waals surface area (Å²) in [6.07, 6.45) is 7.35. The fraction of sp³-hybridized carbons (Fsp3) is 0.750. The average molecular weight is 347 g/mol. The number of carbonyl (C=O) groups is 1. The number of nitrogens with zero attached hydrogens (tertiary/aromatic N) is 4. The zero-order chi connectivity index (χ0) is 17.6. The molecule has 140 valence electrons. The molecule has 1 aromatic rings. The van der Waals surface area contributed by atoms with E-state index in [1.54, 1.807) is 0 Å². The van der Waals surface area contributed by atoms with Crippen LogP contribution in [0.2, 0.25) is 0 Å². The number of aromatic nitrogens is 1. The molecule has 5 heteroatoms. The number of piperidine rings is 1. The van der Waals surface area contributed by atoms with Gasteiger partial charge in [-0.3, -0.25) is 9.69 Å². The summed E-state index contributed by atoms with van der Waals surface area (Å²) in [6.45, 7) is 12.8. The molecular formula is C20H34N4O. The maximum atomic E-state index is 12.6. The molecule has 0 aromatic carbocycles. The first-order valence-corrected chi connectivity index (χ1v) is 9.97. The smallest absolute Gasteiger partial charge is 0.222 e. The number of rotatable bonds is 6. The van der Waals surface area contributed by atoms with Gasteiger partial charge in [0.05, 0.1) is 0 Å². The minimum absolute atomic E-state index is 0.382. The number of hydrogen-bond acceptors (Lipinski definition) is 3. The lowest BCUT2D eigenvalue weighted by molar-refractivity contribution is -0.134. The first-order chi connectivity index (χ1) is 12.1. The van der Waals surface area contributed by atoms with Gasteiger partial charge in [-0.2, -0.15) is 0 Å². The van der Waals surface area contributed by atoms with Crippen molar-refractivity contribution in [1.82, 2.24) is 19.3 Å². The Morgan fingerprint density at radius 1 is 0.960 bits per heavy atom. The Kier molecular flexibility index (Phi) is 6.54. The third-order valence-electron chi connectivity index (χ3n) is 5.91. The van der Waals surface area contributed by atoms with Crippen LogP contribution in [0.15, 0.2) is 24.5 Å². The lowest BCUT2D eigenvalue weighted by atomic mass is 9.92. The van der Waals surface area contributed by atoms with E-state index in [4.69, 9.17) is 0 Å². The zero-order valence-electron chi connectivity index (χ0n) is 15.9. The number of hydrogen-bond donors (Lipinski definition) is 0. The summed E-state index contributed by atoms with van der Waals surface area (Å²) >= 11 is 0. The predicted octanol–water partition coefficient (Wildman–Crippen LogP) is 2.14. The Bertz CT molecular complexity index is 512. The Morgan fingerprint density at radius 3 is 2.20 bits per heavy atom. The first-order valence-electron chi connectivity index (χ1n) is 9.97. The van der Waals surface area contributed by atoms with E-state index in [2.05, 4.69) is 57.6 Å². The SMILES string of the molecule is CC(C)N1CCC(CC(=O)N2CCN(CCn3cccc3)CC2)CC1. The molecule has 1 amide bonds. The summed E-state index contributed by atoms with van der Waals surface area (Å²) in [7, 11) is 0. The van der Waals surface area contributed by atoms with Crippen molar-refractivity contribution in [2.24, 2.45) is 5.92 Å². The van der Waals surface area contributed by atoms with E-state index in [9.17, 15) is 4.79 Å². The van der Waals surface area contributed by atoms with Gasteiger partial charge in [0.2, 0.25) is 5.91 Å². The van der Waals surface area contributed by atoms with E-state index in [1.807, 2.05) is 0 Å². The topological polar surface area (TPSA) is 31.7 Å². The molecule has 2 fully saturated rings. The van der Waals surface area contributed by atoms with Crippen LogP contribution >= 0.6 is 0 Å². The summed E-state index contributed by atoms with van der Waals surface area (Å²) in [6, 6.07) is 4.78. The highest BCUT2D eigenvalue weighted by Gasteiger charge is 2.26. The molecule has 0 unspecified atom stereocenters. The van der Waals surface area contributed by atoms with Crippen LogP contribution in [0.5, 0.6) is 0 Å². The average Bonchev–Trinajstić information content (AvgIpc) is 3.14. The molecule has 3 rings (SSSR count). The van der Waals surface area contributed by atoms with E-state index in [1.165, 1.54) is 12.8 Å². The standard InChI is InChI=1S/C20H34N4O/c1-18(2)23-9-5-19(6-10-23)17-20(25)24-15-13-22(14-16-24)12-11-21-7-3-4-8-21/h3-4,7-8,18-19H,5-6,9-17H2,1-2H3. The molecule has 2 aliphatic rings. The van der Waals surface area contributed by atoms with Crippen LogP contribution in [0.4, 0.5) is 0 Å². The monoisotopic (exact) mass is 346 g/mol. The fourth-order valence-corrected chi connectivity index (χ4v) is 4.05. The highest BCUT2D eigenvalue weighted by Crippen LogP contribution is 2.23. The van der Waals surface area contributed by atoms with Gasteiger partial charge in [0.25, 0.3) is 0 Å². The molecule has 0 atom stereocenters. The number of amides is 1. The molecule has 3 heterocycles. The van der Waals surface area contributed by atoms with Gasteiger partial charge < -0.3 is 14.4 Å². The van der Waals surface area contributed by atoms with Crippen LogP contribution in [0, 0.1) is 5.92 Å². The van der Waals surface area contributed by atoms with Crippen molar-refractivity contribution >= 4 is 5.91 Å². The minimum atomic E-state index is 0.382. The summed E-state index contributed by atoms with van der Waals surface area (Å²) in [5.74, 6) is 0.974. The molecular weight excluding hydrogens is 312 g/mol. The van der Waals surface area contributed by atoms with E-state index in [-0.39, 0.29) is 0 Å². The largest absolute Gasteiger partial charge is 0.353 e. The molecule has 0 N–H and O–H groups in total. The Labute approximate surface area is 152 Å². The molecule has 25 heavy (non-hydrogen) atoms. The summed E-state index contributed by atoms with van der Waals surface area (Å²) in [5, 5.41) is 0. The van der Waals surface area contributed by atoms with E-state index in [0.717, 1.165) is 58.8 Å². The zero-order valence-corrected chi connectivity index (χ0v) is 15.9. The second-order valence-electron chi connectivity index (χ2n) is 7.92. The molecule has 5 nitrogen and oxygen atoms in total. The Balaban J connectivity index is 1.34. The number of likely N-dealkylation sites (tertiary alicyclic amines) is 1. The molecule has 0 saturated carbocycles. The van der Waals surface area contributed by atoms with Gasteiger partial charge in [0.1, 0.15) is 0 Å². The van der Waals surface area contributed by atoms with Gasteiger partial charge in [-0.25, -0.2) is 0 Å². The van der Waals surface area contributed by atoms with Crippen molar-refractivity contribution in [2.45, 2.75) is 45.7 Å². The third kappa shape index (κ3) is 5.32. The van der Waals surface area contributed by atoms with E-state index >= 15 is 0 Å². The molecule has 0 aliphatic carbocycles. The van der Waals surface area contributed by atoms with E-state index in [0.29, 0.717) is 17.9 Å². The van der Waals surface area contributed by atoms with Crippen molar-refractivity contribution < 1.29 is 4.79 Å². The van der Waals surface area contributed by atoms with Crippen molar-refractivity contribution in [3.8, 4) is 0 Å². The first kappa shape index (κ1) is 18.5. The maximum absolute atomic E-state index is 12.6. The minimum Gasteiger partial charge on any atom is -0.353 e. The highest BCUT2D eigenvalue weighted by atomic mass is 16.2. The van der Waals surface area contributed by atoms with Gasteiger partial charge in [-0.1, -0.05) is 0 Å². The lowest BCUT2D eigenvalue weighted by Gasteiger charge is -2.37. The molecule has 0 radical (unpaired) electrons. The summed E-state index contributed by atoms with van der Waals surface area (Å²) in [5.41, 5.74) is 0. The molecule has 1 aromatic heterocycles. The second kappa shape index (κ2) is 8.86. The predicted molar refractivity (Wildman–Crippen MR) is 102 cm³/mol. The molecule has 0 spiro atoms. The Hall–Kier alpha value is -1.33. The lowest BCUT2D eigenvalue weighted by Crippen LogP contribution is -2.50. The molecule has 2 saturated heterocycles. The van der Waals surface area contributed by atoms with Gasteiger partial charge >= 0.3 is 0 Å². The van der Waals surface area contributed by atoms with Gasteiger partial charge in [0.15, 0.2) is 0 Å². The maximum Gasteiger partial charge on any atom is 0.222 e. The van der Waals surface area contributed by atoms with Gasteiger partial charge in [0, 0.05) is 64.1 Å². The molecule has 0 bridgehead atoms. The van der Waals surface area contributed by atoms with Gasteiger partial charge in [-0.15, -0.1) is 0 Å². The van der Waals surface area contributed by atoms with Gasteiger partial charge in [-0.05, 0) is 57.8 Å². The Morgan fingerprint density at radius 2 is 1.60 bits per heavy atom. The van der Waals surface area contributed by atoms with Crippen LogP contribution in [0.1, 0.15) is 33.1 Å². The number of carbonyl (C=O) groups excluding carboxylic acids is 1. The van der Waals surface area contributed by atoms with E-state index < -0.39 is 0 Å². The highest BCUT2D eigenvalue weighted by molar-refractivity contribution is 5.76. The van der Waals surface area contributed by atoms with Crippen molar-refractivity contribution in [1.29, 1.82) is 0 Å². The fourth-order valence-electron chi connectivity index (χ4n) is 4.05. The van der Waals surface area contributed by atoms with Crippen LogP contribution in [-0.2, 0) is 11.3 Å². The van der Waals surface area contributed by atoms with Crippen LogP contribution < -0.4 is 0 Å².